The van der Waals surface area contributed by atoms with Crippen LogP contribution in [0.3, 0.4) is 0 Å². The van der Waals surface area contributed by atoms with Crippen molar-refractivity contribution in [3.05, 3.63) is 17.7 Å². The number of hydrogen-bond acceptors (Lipinski definition) is 5. The number of aliphatic hydroxyl groups is 1. The monoisotopic (exact) mass is 305 g/mol. The predicted molar refractivity (Wildman–Crippen MR) is 70.5 cm³/mol. The number of nitrogens with one attached hydrogen (secondary N) is 1. The second kappa shape index (κ2) is 7.07. The van der Waals surface area contributed by atoms with Gasteiger partial charge in [0.1, 0.15) is 6.61 Å². The molecule has 0 spiro atoms. The molecule has 1 aromatic rings. The molecule has 21 heavy (non-hydrogen) atoms. The fraction of sp³-hybridized carbons (Fsp3) is 0.462. The molecule has 0 saturated carbocycles. The molecule has 0 fully saturated rings. The van der Waals surface area contributed by atoms with E-state index in [4.69, 9.17) is 19.3 Å². The maximum absolute atomic E-state index is 12.9. The van der Waals surface area contributed by atoms with Crippen molar-refractivity contribution in [2.75, 3.05) is 34.5 Å². The molecule has 0 aliphatic heterocycles. The molecule has 0 unspecified atom stereocenters. The minimum Gasteiger partial charge on any atom is -0.493 e. The molecule has 6 nitrogen and oxygen atoms in total. The van der Waals surface area contributed by atoms with Crippen molar-refractivity contribution in [2.45, 2.75) is 5.92 Å². The summed E-state index contributed by atoms with van der Waals surface area (Å²) in [5.41, 5.74) is 0.0175. The molecule has 1 aromatic carbocycles. The quantitative estimate of drug-likeness (QED) is 0.788. The number of halogens is 2. The fourth-order valence-corrected chi connectivity index (χ4v) is 1.64. The molecule has 118 valence electrons. The zero-order valence-corrected chi connectivity index (χ0v) is 11.9. The Labute approximate surface area is 120 Å². The maximum Gasteiger partial charge on any atom is 0.287 e. The first-order valence-electron chi connectivity index (χ1n) is 5.96. The van der Waals surface area contributed by atoms with E-state index >= 15 is 0 Å². The van der Waals surface area contributed by atoms with Gasteiger partial charge in [0.15, 0.2) is 11.5 Å². The number of hydrogen-bond donors (Lipinski definition) is 2. The highest BCUT2D eigenvalue weighted by molar-refractivity contribution is 5.98. The van der Waals surface area contributed by atoms with Gasteiger partial charge in [-0.2, -0.15) is 0 Å². The lowest BCUT2D eigenvalue weighted by molar-refractivity contribution is -0.0462. The first-order chi connectivity index (χ1) is 9.90. The lowest BCUT2D eigenvalue weighted by Gasteiger charge is -2.17. The van der Waals surface area contributed by atoms with Gasteiger partial charge in [-0.1, -0.05) is 0 Å². The Bertz CT molecular complexity index is 508. The highest BCUT2D eigenvalue weighted by Gasteiger charge is 2.29. The Balaban J connectivity index is 3.04. The van der Waals surface area contributed by atoms with Gasteiger partial charge in [0.05, 0.1) is 33.4 Å². The van der Waals surface area contributed by atoms with Gasteiger partial charge >= 0.3 is 0 Å². The van der Waals surface area contributed by atoms with E-state index in [1.54, 1.807) is 0 Å². The van der Waals surface area contributed by atoms with Crippen molar-refractivity contribution in [1.29, 1.82) is 0 Å². The van der Waals surface area contributed by atoms with Crippen molar-refractivity contribution < 1.29 is 32.9 Å². The average Bonchev–Trinajstić information content (AvgIpc) is 2.50. The number of ether oxygens (including phenoxy) is 3. The Hall–Kier alpha value is -2.09. The molecule has 0 radical (unpaired) electrons. The number of benzene rings is 1. The normalized spacial score (nSPS) is 11.0. The zero-order chi connectivity index (χ0) is 16.0. The van der Waals surface area contributed by atoms with E-state index in [0.29, 0.717) is 5.75 Å². The van der Waals surface area contributed by atoms with Gasteiger partial charge in [-0.05, 0) is 12.1 Å². The van der Waals surface area contributed by atoms with Gasteiger partial charge in [0, 0.05) is 0 Å². The summed E-state index contributed by atoms with van der Waals surface area (Å²) in [6.45, 7) is -2.34. The topological polar surface area (TPSA) is 77.0 Å². The van der Waals surface area contributed by atoms with E-state index < -0.39 is 25.0 Å². The second-order valence-electron chi connectivity index (χ2n) is 4.08. The van der Waals surface area contributed by atoms with Crippen LogP contribution < -0.4 is 19.5 Å². The van der Waals surface area contributed by atoms with Crippen LogP contribution in [-0.4, -0.2) is 51.4 Å². The molecular formula is C13H17F2NO5. The summed E-state index contributed by atoms with van der Waals surface area (Å²) < 4.78 is 41.1. The van der Waals surface area contributed by atoms with Gasteiger partial charge in [0.25, 0.3) is 11.8 Å². The molecule has 8 heteroatoms. The van der Waals surface area contributed by atoms with Crippen LogP contribution in [-0.2, 0) is 0 Å². The Morgan fingerprint density at radius 2 is 1.81 bits per heavy atom. The predicted octanol–water partition coefficient (Wildman–Crippen LogP) is 1.07. The Morgan fingerprint density at radius 3 is 2.29 bits per heavy atom. The highest BCUT2D eigenvalue weighted by Crippen LogP contribution is 2.39. The van der Waals surface area contributed by atoms with Crippen molar-refractivity contribution in [2.24, 2.45) is 0 Å². The minimum atomic E-state index is -3.39. The summed E-state index contributed by atoms with van der Waals surface area (Å²) in [6.07, 6.45) is 0. The number of carbonyl (C=O) groups is 1. The first-order valence-corrected chi connectivity index (χ1v) is 5.96. The molecule has 0 aromatic heterocycles. The van der Waals surface area contributed by atoms with Gasteiger partial charge in [-0.15, -0.1) is 0 Å². The molecule has 0 heterocycles. The molecule has 0 atom stereocenters. The van der Waals surface area contributed by atoms with Gasteiger partial charge < -0.3 is 24.6 Å². The van der Waals surface area contributed by atoms with Crippen LogP contribution >= 0.6 is 0 Å². The summed E-state index contributed by atoms with van der Waals surface area (Å²) in [5.74, 6) is -3.57. The fourth-order valence-electron chi connectivity index (χ4n) is 1.64. The van der Waals surface area contributed by atoms with Crippen LogP contribution in [0, 0.1) is 0 Å². The third kappa shape index (κ3) is 3.94. The Morgan fingerprint density at radius 1 is 1.19 bits per heavy atom. The van der Waals surface area contributed by atoms with E-state index in [1.807, 2.05) is 5.32 Å². The summed E-state index contributed by atoms with van der Waals surface area (Å²) >= 11 is 0. The van der Waals surface area contributed by atoms with E-state index in [9.17, 15) is 13.6 Å². The molecule has 0 aliphatic rings. The third-order valence-electron chi connectivity index (χ3n) is 2.69. The highest BCUT2D eigenvalue weighted by atomic mass is 19.3. The van der Waals surface area contributed by atoms with Gasteiger partial charge in [-0.25, -0.2) is 8.78 Å². The van der Waals surface area contributed by atoms with Crippen molar-refractivity contribution in [1.82, 2.24) is 5.32 Å². The van der Waals surface area contributed by atoms with Crippen LogP contribution in [0.2, 0.25) is 0 Å². The van der Waals surface area contributed by atoms with Crippen molar-refractivity contribution in [3.8, 4) is 17.2 Å². The molecule has 2 N–H and O–H groups in total. The molecule has 0 saturated heterocycles. The third-order valence-corrected chi connectivity index (χ3v) is 2.69. The molecule has 0 bridgehead atoms. The van der Waals surface area contributed by atoms with Gasteiger partial charge in [0.2, 0.25) is 5.75 Å². The molecular weight excluding hydrogens is 288 g/mol. The largest absolute Gasteiger partial charge is 0.493 e. The lowest BCUT2D eigenvalue weighted by atomic mass is 10.1. The second-order valence-corrected chi connectivity index (χ2v) is 4.08. The molecule has 1 rings (SSSR count). The van der Waals surface area contributed by atoms with Crippen LogP contribution in [0.4, 0.5) is 8.78 Å². The Kier molecular flexibility index (Phi) is 5.71. The number of amides is 1. The molecule has 0 aliphatic carbocycles. The average molecular weight is 305 g/mol. The number of aliphatic hydroxyl groups excluding tert-OH is 1. The smallest absolute Gasteiger partial charge is 0.287 e. The number of rotatable bonds is 7. The van der Waals surface area contributed by atoms with E-state index in [0.717, 1.165) is 0 Å². The number of carbonyl (C=O) groups excluding carboxylic acids is 1. The summed E-state index contributed by atoms with van der Waals surface area (Å²) in [5, 5.41) is 10.5. The summed E-state index contributed by atoms with van der Waals surface area (Å²) in [4.78, 5) is 12.0. The number of methoxy groups -OCH3 is 3. The summed E-state index contributed by atoms with van der Waals surface area (Å²) in [6, 6.07) is 2.83. The lowest BCUT2D eigenvalue weighted by Crippen LogP contribution is -2.39. The van der Waals surface area contributed by atoms with Crippen molar-refractivity contribution in [3.63, 3.8) is 0 Å². The zero-order valence-electron chi connectivity index (χ0n) is 11.9. The van der Waals surface area contributed by atoms with E-state index in [1.165, 1.54) is 33.5 Å². The standard InChI is InChI=1S/C13H17F2NO5/c1-19-9-5-4-8(10(20-2)11(9)21-3)12(18)16-6-13(14,15)7-17/h4-5,17H,6-7H2,1-3H3,(H,16,18). The van der Waals surface area contributed by atoms with Crippen molar-refractivity contribution >= 4 is 5.91 Å². The van der Waals surface area contributed by atoms with Crippen LogP contribution in [0.25, 0.3) is 0 Å². The SMILES string of the molecule is COc1ccc(C(=O)NCC(F)(F)CO)c(OC)c1OC. The first kappa shape index (κ1) is 17.0. The van der Waals surface area contributed by atoms with Gasteiger partial charge in [-0.3, -0.25) is 4.79 Å². The molecule has 1 amide bonds. The number of alkyl halides is 2. The maximum atomic E-state index is 12.9. The van der Waals surface area contributed by atoms with Crippen LogP contribution in [0.5, 0.6) is 17.2 Å². The minimum absolute atomic E-state index is 0.0175. The van der Waals surface area contributed by atoms with Crippen LogP contribution in [0.15, 0.2) is 12.1 Å². The van der Waals surface area contributed by atoms with E-state index in [-0.39, 0.29) is 17.1 Å². The van der Waals surface area contributed by atoms with E-state index in [2.05, 4.69) is 0 Å². The van der Waals surface area contributed by atoms with Crippen LogP contribution in [0.1, 0.15) is 10.4 Å². The summed E-state index contributed by atoms with van der Waals surface area (Å²) in [7, 11) is 4.09.